The summed E-state index contributed by atoms with van der Waals surface area (Å²) in [5, 5.41) is 9.02. The van der Waals surface area contributed by atoms with E-state index in [1.165, 1.54) is 5.56 Å². The second-order valence-corrected chi connectivity index (χ2v) is 5.36. The van der Waals surface area contributed by atoms with Crippen LogP contribution in [-0.4, -0.2) is 17.6 Å². The van der Waals surface area contributed by atoms with Gasteiger partial charge in [0.15, 0.2) is 0 Å². The molecule has 0 fully saturated rings. The smallest absolute Gasteiger partial charge is 0.335 e. The average molecular weight is 334 g/mol. The van der Waals surface area contributed by atoms with E-state index in [1.807, 2.05) is 18.2 Å². The zero-order valence-corrected chi connectivity index (χ0v) is 13.0. The Hall–Kier alpha value is -1.81. The first kappa shape index (κ1) is 14.6. The molecule has 0 atom stereocenters. The van der Waals surface area contributed by atoms with Crippen molar-refractivity contribution >= 4 is 33.3 Å². The zero-order chi connectivity index (χ0) is 14.7. The molecule has 1 N–H and O–H groups in total. The largest absolute Gasteiger partial charge is 0.478 e. The van der Waals surface area contributed by atoms with E-state index in [-0.39, 0.29) is 5.56 Å². The summed E-state index contributed by atoms with van der Waals surface area (Å²) in [5.74, 6) is -0.920. The van der Waals surface area contributed by atoms with Crippen LogP contribution in [0.4, 0.5) is 11.4 Å². The van der Waals surface area contributed by atoms with E-state index in [0.29, 0.717) is 0 Å². The number of hydrogen-bond donors (Lipinski definition) is 1. The van der Waals surface area contributed by atoms with E-state index >= 15 is 0 Å². The highest BCUT2D eigenvalue weighted by Crippen LogP contribution is 2.34. The Morgan fingerprint density at radius 2 is 1.90 bits per heavy atom. The number of carboxylic acids is 1. The molecule has 0 aliphatic heterocycles. The summed E-state index contributed by atoms with van der Waals surface area (Å²) in [6.07, 6.45) is 0. The van der Waals surface area contributed by atoms with E-state index < -0.39 is 5.97 Å². The Morgan fingerprint density at radius 1 is 1.20 bits per heavy atom. The first-order chi connectivity index (χ1) is 9.54. The molecule has 104 valence electrons. The second-order valence-electron chi connectivity index (χ2n) is 4.50. The zero-order valence-electron chi connectivity index (χ0n) is 11.4. The molecule has 3 nitrogen and oxygen atoms in total. The number of aromatic carboxylic acids is 1. The molecule has 0 spiro atoms. The maximum Gasteiger partial charge on any atom is 0.335 e. The number of benzene rings is 2. The lowest BCUT2D eigenvalue weighted by atomic mass is 10.1. The highest BCUT2D eigenvalue weighted by molar-refractivity contribution is 9.10. The van der Waals surface area contributed by atoms with Gasteiger partial charge in [0.25, 0.3) is 0 Å². The van der Waals surface area contributed by atoms with E-state index in [0.717, 1.165) is 22.4 Å². The van der Waals surface area contributed by atoms with Crippen molar-refractivity contribution in [1.29, 1.82) is 0 Å². The number of nitrogens with zero attached hydrogens (tertiary/aromatic N) is 1. The monoisotopic (exact) mass is 333 g/mol. The van der Waals surface area contributed by atoms with Crippen LogP contribution in [0.2, 0.25) is 0 Å². The number of anilines is 2. The number of carbonyl (C=O) groups is 1. The number of rotatable bonds is 4. The van der Waals surface area contributed by atoms with Gasteiger partial charge < -0.3 is 10.0 Å². The van der Waals surface area contributed by atoms with Crippen molar-refractivity contribution in [3.05, 3.63) is 58.1 Å². The van der Waals surface area contributed by atoms with Crippen molar-refractivity contribution in [3.8, 4) is 0 Å². The van der Waals surface area contributed by atoms with Crippen LogP contribution in [0, 0.1) is 6.92 Å². The third-order valence-corrected chi connectivity index (χ3v) is 3.84. The fraction of sp³-hybridized carbons (Fsp3) is 0.188. The number of aryl methyl sites for hydroxylation is 1. The normalized spacial score (nSPS) is 10.3. The van der Waals surface area contributed by atoms with Crippen LogP contribution < -0.4 is 4.90 Å². The first-order valence-corrected chi connectivity index (χ1v) is 7.20. The Kier molecular flexibility index (Phi) is 4.45. The average Bonchev–Trinajstić information content (AvgIpc) is 2.43. The van der Waals surface area contributed by atoms with Crippen LogP contribution in [0.15, 0.2) is 46.9 Å². The van der Waals surface area contributed by atoms with Crippen LogP contribution in [0.25, 0.3) is 0 Å². The van der Waals surface area contributed by atoms with E-state index in [1.54, 1.807) is 12.1 Å². The van der Waals surface area contributed by atoms with Crippen LogP contribution in [0.1, 0.15) is 22.8 Å². The summed E-state index contributed by atoms with van der Waals surface area (Å²) in [4.78, 5) is 13.2. The summed E-state index contributed by atoms with van der Waals surface area (Å²) in [6.45, 7) is 4.94. The minimum Gasteiger partial charge on any atom is -0.478 e. The molecule has 2 rings (SSSR count). The molecule has 0 heterocycles. The number of hydrogen-bond acceptors (Lipinski definition) is 2. The predicted molar refractivity (Wildman–Crippen MR) is 85.0 cm³/mol. The summed E-state index contributed by atoms with van der Waals surface area (Å²) in [5.41, 5.74) is 3.55. The molecule has 0 saturated carbocycles. The highest BCUT2D eigenvalue weighted by atomic mass is 79.9. The molecule has 0 bridgehead atoms. The van der Waals surface area contributed by atoms with Crippen molar-refractivity contribution in [2.24, 2.45) is 0 Å². The number of carboxylic acid groups (broad SMARTS) is 1. The highest BCUT2D eigenvalue weighted by Gasteiger charge is 2.14. The molecule has 0 aromatic heterocycles. The van der Waals surface area contributed by atoms with Gasteiger partial charge in [0.1, 0.15) is 0 Å². The Balaban J connectivity index is 2.48. The lowest BCUT2D eigenvalue weighted by molar-refractivity contribution is 0.0697. The molecule has 20 heavy (non-hydrogen) atoms. The van der Waals surface area contributed by atoms with Gasteiger partial charge in [0.05, 0.1) is 11.3 Å². The Morgan fingerprint density at radius 3 is 2.45 bits per heavy atom. The molecule has 2 aromatic carbocycles. The van der Waals surface area contributed by atoms with Crippen LogP contribution >= 0.6 is 15.9 Å². The van der Waals surface area contributed by atoms with Gasteiger partial charge in [-0.15, -0.1) is 0 Å². The van der Waals surface area contributed by atoms with Crippen LogP contribution in [-0.2, 0) is 0 Å². The van der Waals surface area contributed by atoms with Crippen LogP contribution in [0.5, 0.6) is 0 Å². The Bertz CT molecular complexity index is 640. The van der Waals surface area contributed by atoms with Gasteiger partial charge in [-0.3, -0.25) is 0 Å². The van der Waals surface area contributed by atoms with Crippen molar-refractivity contribution in [2.45, 2.75) is 13.8 Å². The lowest BCUT2D eigenvalue weighted by Crippen LogP contribution is -2.17. The SMILES string of the molecule is CCN(c1ccccc1C)c1ccc(C(=O)O)cc1Br. The summed E-state index contributed by atoms with van der Waals surface area (Å²) in [6, 6.07) is 13.2. The minimum absolute atomic E-state index is 0.279. The van der Waals surface area contributed by atoms with Crippen molar-refractivity contribution in [1.82, 2.24) is 0 Å². The van der Waals surface area contributed by atoms with Crippen LogP contribution in [0.3, 0.4) is 0 Å². The summed E-state index contributed by atoms with van der Waals surface area (Å²) in [7, 11) is 0. The standard InChI is InChI=1S/C16H16BrNO2/c1-3-18(14-7-5-4-6-11(14)2)15-9-8-12(16(19)20)10-13(15)17/h4-10H,3H2,1-2H3,(H,19,20). The van der Waals surface area contributed by atoms with Gasteiger partial charge in [-0.1, -0.05) is 18.2 Å². The van der Waals surface area contributed by atoms with Gasteiger partial charge in [-0.25, -0.2) is 4.79 Å². The molecule has 0 aliphatic rings. The quantitative estimate of drug-likeness (QED) is 0.887. The molecular formula is C16H16BrNO2. The van der Waals surface area contributed by atoms with Crippen molar-refractivity contribution in [3.63, 3.8) is 0 Å². The third kappa shape index (κ3) is 2.85. The topological polar surface area (TPSA) is 40.5 Å². The predicted octanol–water partition coefficient (Wildman–Crippen LogP) is 4.61. The van der Waals surface area contributed by atoms with Gasteiger partial charge >= 0.3 is 5.97 Å². The van der Waals surface area contributed by atoms with Crippen molar-refractivity contribution in [2.75, 3.05) is 11.4 Å². The first-order valence-electron chi connectivity index (χ1n) is 6.40. The molecule has 0 saturated heterocycles. The minimum atomic E-state index is -0.920. The molecular weight excluding hydrogens is 318 g/mol. The maximum absolute atomic E-state index is 11.0. The van der Waals surface area contributed by atoms with E-state index in [4.69, 9.17) is 5.11 Å². The fourth-order valence-corrected chi connectivity index (χ4v) is 2.79. The number of halogens is 1. The summed E-state index contributed by atoms with van der Waals surface area (Å²) >= 11 is 3.47. The van der Waals surface area contributed by atoms with Gasteiger partial charge in [-0.05, 0) is 59.6 Å². The Labute approximate surface area is 127 Å². The van der Waals surface area contributed by atoms with E-state index in [9.17, 15) is 4.79 Å². The molecule has 2 aromatic rings. The summed E-state index contributed by atoms with van der Waals surface area (Å²) < 4.78 is 0.780. The van der Waals surface area contributed by atoms with Gasteiger partial charge in [-0.2, -0.15) is 0 Å². The molecule has 0 unspecified atom stereocenters. The fourth-order valence-electron chi connectivity index (χ4n) is 2.20. The van der Waals surface area contributed by atoms with E-state index in [2.05, 4.69) is 46.8 Å². The molecule has 0 radical (unpaired) electrons. The number of para-hydroxylation sites is 1. The third-order valence-electron chi connectivity index (χ3n) is 3.21. The molecule has 0 aliphatic carbocycles. The lowest BCUT2D eigenvalue weighted by Gasteiger charge is -2.26. The van der Waals surface area contributed by atoms with Gasteiger partial charge in [0, 0.05) is 16.7 Å². The van der Waals surface area contributed by atoms with Crippen molar-refractivity contribution < 1.29 is 9.90 Å². The van der Waals surface area contributed by atoms with Gasteiger partial charge in [0.2, 0.25) is 0 Å². The molecule has 4 heteroatoms. The second kappa shape index (κ2) is 6.09. The molecule has 0 amide bonds. The maximum atomic E-state index is 11.0.